The molecule has 0 bridgehead atoms. The number of nitrogens with one attached hydrogen (secondary N) is 1. The number of aliphatic hydroxyl groups excluding tert-OH is 3. The molecule has 11 nitrogen and oxygen atoms in total. The van der Waals surface area contributed by atoms with Gasteiger partial charge in [0.25, 0.3) is 11.1 Å². The zero-order valence-electron chi connectivity index (χ0n) is 11.1. The van der Waals surface area contributed by atoms with Crippen molar-refractivity contribution < 1.29 is 20.1 Å². The maximum atomic E-state index is 12.1. The van der Waals surface area contributed by atoms with Crippen LogP contribution in [-0.2, 0) is 4.74 Å². The van der Waals surface area contributed by atoms with Gasteiger partial charge in [0.1, 0.15) is 18.3 Å². The molecule has 118 valence electrons. The third-order valence-electron chi connectivity index (χ3n) is 3.44. The number of rotatable bonds is 2. The number of aromatic amines is 1. The van der Waals surface area contributed by atoms with Gasteiger partial charge in [-0.15, -0.1) is 0 Å². The Morgan fingerprint density at radius 2 is 2.09 bits per heavy atom. The van der Waals surface area contributed by atoms with Crippen molar-refractivity contribution in [3.63, 3.8) is 0 Å². The predicted octanol–water partition coefficient (Wildman–Crippen LogP) is -3.33. The number of nitrogens with zero attached hydrogens (tertiary/aromatic N) is 3. The van der Waals surface area contributed by atoms with Gasteiger partial charge < -0.3 is 25.8 Å². The van der Waals surface area contributed by atoms with E-state index in [-0.39, 0.29) is 17.1 Å². The van der Waals surface area contributed by atoms with Gasteiger partial charge in [0.05, 0.1) is 12.8 Å². The van der Waals surface area contributed by atoms with Crippen LogP contribution in [-0.4, -0.2) is 59.8 Å². The SMILES string of the molecule is Nc1nc2c(ncc(=O)n2[C@@H]2O[C@H](CO)C(O)[C@@H]2O)c(=O)[nH]1. The first kappa shape index (κ1) is 14.6. The van der Waals surface area contributed by atoms with Crippen LogP contribution in [0, 0.1) is 0 Å². The van der Waals surface area contributed by atoms with Crippen LogP contribution >= 0.6 is 0 Å². The second kappa shape index (κ2) is 5.14. The molecule has 1 aliphatic rings. The molecule has 4 atom stereocenters. The molecule has 0 aliphatic carbocycles. The predicted molar refractivity (Wildman–Crippen MR) is 71.8 cm³/mol. The minimum Gasteiger partial charge on any atom is -0.394 e. The molecule has 0 radical (unpaired) electrons. The average Bonchev–Trinajstić information content (AvgIpc) is 2.74. The molecule has 2 aromatic heterocycles. The van der Waals surface area contributed by atoms with Gasteiger partial charge >= 0.3 is 0 Å². The van der Waals surface area contributed by atoms with Gasteiger partial charge in [0.2, 0.25) is 5.95 Å². The van der Waals surface area contributed by atoms with Crippen LogP contribution in [0.15, 0.2) is 15.8 Å². The zero-order chi connectivity index (χ0) is 16.0. The fraction of sp³-hybridized carbons (Fsp3) is 0.455. The number of H-pyrrole nitrogens is 1. The molecule has 0 aromatic carbocycles. The van der Waals surface area contributed by atoms with Crippen LogP contribution < -0.4 is 16.9 Å². The Morgan fingerprint density at radius 1 is 1.36 bits per heavy atom. The normalized spacial score (nSPS) is 28.3. The van der Waals surface area contributed by atoms with Crippen molar-refractivity contribution in [3.05, 3.63) is 26.9 Å². The molecule has 0 saturated carbocycles. The Bertz CT molecular complexity index is 832. The number of aliphatic hydroxyl groups is 3. The van der Waals surface area contributed by atoms with E-state index in [2.05, 4.69) is 15.0 Å². The third-order valence-corrected chi connectivity index (χ3v) is 3.44. The highest BCUT2D eigenvalue weighted by atomic mass is 16.6. The van der Waals surface area contributed by atoms with E-state index in [1.807, 2.05) is 0 Å². The molecule has 1 unspecified atom stereocenters. The number of nitrogen functional groups attached to an aromatic ring is 1. The van der Waals surface area contributed by atoms with E-state index in [4.69, 9.17) is 15.6 Å². The van der Waals surface area contributed by atoms with Crippen LogP contribution in [0.25, 0.3) is 11.2 Å². The van der Waals surface area contributed by atoms with Crippen LogP contribution in [0.3, 0.4) is 0 Å². The smallest absolute Gasteiger partial charge is 0.280 e. The first-order chi connectivity index (χ1) is 10.4. The first-order valence-electron chi connectivity index (χ1n) is 6.33. The van der Waals surface area contributed by atoms with Crippen molar-refractivity contribution in [3.8, 4) is 0 Å². The lowest BCUT2D eigenvalue weighted by Gasteiger charge is -2.18. The number of aromatic nitrogens is 4. The minimum atomic E-state index is -1.50. The molecule has 1 saturated heterocycles. The van der Waals surface area contributed by atoms with Crippen LogP contribution in [0.1, 0.15) is 6.23 Å². The average molecular weight is 311 g/mol. The summed E-state index contributed by atoms with van der Waals surface area (Å²) in [6.45, 7) is -0.553. The standard InChI is InChI=1S/C11H13N5O6/c12-11-14-8-5(9(21)15-11)13-1-4(18)16(8)10-7(20)6(19)3(2-17)22-10/h1,3,6-7,10,17,19-20H,2H2,(H3,12,14,15,21)/t3-,6?,7+,10-/m1/s1. The van der Waals surface area contributed by atoms with E-state index in [9.17, 15) is 19.8 Å². The fourth-order valence-electron chi connectivity index (χ4n) is 2.38. The zero-order valence-corrected chi connectivity index (χ0v) is 11.1. The molecular weight excluding hydrogens is 298 g/mol. The maximum absolute atomic E-state index is 12.1. The van der Waals surface area contributed by atoms with Gasteiger partial charge in [0.15, 0.2) is 17.4 Å². The Kier molecular flexibility index (Phi) is 3.41. The van der Waals surface area contributed by atoms with Gasteiger partial charge in [-0.05, 0) is 0 Å². The number of hydrogen-bond acceptors (Lipinski definition) is 9. The van der Waals surface area contributed by atoms with Crippen molar-refractivity contribution in [1.82, 2.24) is 19.5 Å². The summed E-state index contributed by atoms with van der Waals surface area (Å²) in [5, 5.41) is 28.9. The summed E-state index contributed by atoms with van der Waals surface area (Å²) in [6.07, 6.45) is -4.44. The Morgan fingerprint density at radius 3 is 2.73 bits per heavy atom. The number of hydrogen-bond donors (Lipinski definition) is 5. The highest BCUT2D eigenvalue weighted by Crippen LogP contribution is 2.29. The molecule has 0 spiro atoms. The molecule has 1 aliphatic heterocycles. The summed E-state index contributed by atoms with van der Waals surface area (Å²) < 4.78 is 6.15. The summed E-state index contributed by atoms with van der Waals surface area (Å²) in [7, 11) is 0. The summed E-state index contributed by atoms with van der Waals surface area (Å²) in [5.41, 5.74) is 3.72. The summed E-state index contributed by atoms with van der Waals surface area (Å²) >= 11 is 0. The third kappa shape index (κ3) is 2.07. The number of ether oxygens (including phenoxy) is 1. The van der Waals surface area contributed by atoms with E-state index in [1.54, 1.807) is 0 Å². The number of nitrogens with two attached hydrogens (primary N) is 1. The van der Waals surface area contributed by atoms with Gasteiger partial charge in [-0.1, -0.05) is 0 Å². The summed E-state index contributed by atoms with van der Waals surface area (Å²) in [6, 6.07) is 0. The first-order valence-corrected chi connectivity index (χ1v) is 6.33. The summed E-state index contributed by atoms with van der Waals surface area (Å²) in [4.78, 5) is 33.6. The molecule has 22 heavy (non-hydrogen) atoms. The monoisotopic (exact) mass is 311 g/mol. The largest absolute Gasteiger partial charge is 0.394 e. The second-order valence-corrected chi connectivity index (χ2v) is 4.82. The van der Waals surface area contributed by atoms with Crippen molar-refractivity contribution in [2.75, 3.05) is 12.3 Å². The molecule has 3 heterocycles. The lowest BCUT2D eigenvalue weighted by atomic mass is 10.1. The van der Waals surface area contributed by atoms with E-state index in [0.29, 0.717) is 0 Å². The van der Waals surface area contributed by atoms with Crippen molar-refractivity contribution in [2.24, 2.45) is 0 Å². The van der Waals surface area contributed by atoms with Crippen molar-refractivity contribution in [1.29, 1.82) is 0 Å². The second-order valence-electron chi connectivity index (χ2n) is 4.82. The van der Waals surface area contributed by atoms with Gasteiger partial charge in [0, 0.05) is 0 Å². The van der Waals surface area contributed by atoms with Crippen LogP contribution in [0.4, 0.5) is 5.95 Å². The Hall–Kier alpha value is -2.34. The molecule has 2 aromatic rings. The molecule has 0 amide bonds. The van der Waals surface area contributed by atoms with Crippen LogP contribution in [0.5, 0.6) is 0 Å². The molecule has 3 rings (SSSR count). The molecule has 1 fully saturated rings. The number of anilines is 1. The van der Waals surface area contributed by atoms with Gasteiger partial charge in [-0.25, -0.2) is 4.98 Å². The molecule has 6 N–H and O–H groups in total. The molecule has 11 heteroatoms. The van der Waals surface area contributed by atoms with Gasteiger partial charge in [-0.3, -0.25) is 19.1 Å². The van der Waals surface area contributed by atoms with Crippen molar-refractivity contribution >= 4 is 17.1 Å². The van der Waals surface area contributed by atoms with E-state index >= 15 is 0 Å². The quantitative estimate of drug-likeness (QED) is 0.379. The minimum absolute atomic E-state index is 0.175. The Labute approximate surface area is 121 Å². The van der Waals surface area contributed by atoms with E-state index in [0.717, 1.165) is 10.8 Å². The van der Waals surface area contributed by atoms with E-state index < -0.39 is 42.3 Å². The number of fused-ring (bicyclic) bond motifs is 1. The van der Waals surface area contributed by atoms with Gasteiger partial charge in [-0.2, -0.15) is 4.98 Å². The maximum Gasteiger partial charge on any atom is 0.280 e. The lowest BCUT2D eigenvalue weighted by molar-refractivity contribution is -0.0525. The highest BCUT2D eigenvalue weighted by molar-refractivity contribution is 5.69. The molecular formula is C11H13N5O6. The fourth-order valence-corrected chi connectivity index (χ4v) is 2.38. The Balaban J connectivity index is 2.25. The van der Waals surface area contributed by atoms with Crippen LogP contribution in [0.2, 0.25) is 0 Å². The summed E-state index contributed by atoms with van der Waals surface area (Å²) in [5.74, 6) is -0.245. The van der Waals surface area contributed by atoms with E-state index in [1.165, 1.54) is 0 Å². The lowest BCUT2D eigenvalue weighted by Crippen LogP contribution is -2.36. The topological polar surface area (TPSA) is 177 Å². The van der Waals surface area contributed by atoms with Crippen molar-refractivity contribution in [2.45, 2.75) is 24.5 Å². The highest BCUT2D eigenvalue weighted by Gasteiger charge is 2.44.